The van der Waals surface area contributed by atoms with Gasteiger partial charge in [0.1, 0.15) is 11.3 Å². The molecule has 2 amide bonds. The first kappa shape index (κ1) is 16.5. The van der Waals surface area contributed by atoms with Crippen molar-refractivity contribution in [3.05, 3.63) is 88.0 Å². The van der Waals surface area contributed by atoms with E-state index in [2.05, 4.69) is 0 Å². The van der Waals surface area contributed by atoms with Gasteiger partial charge in [-0.05, 0) is 41.5 Å². The zero-order valence-electron chi connectivity index (χ0n) is 13.8. The van der Waals surface area contributed by atoms with E-state index in [-0.39, 0.29) is 22.6 Å². The van der Waals surface area contributed by atoms with Crippen LogP contribution in [0.2, 0.25) is 0 Å². The Kier molecular flexibility index (Phi) is 3.70. The first-order valence-electron chi connectivity index (χ1n) is 8.03. The number of carbonyl (C=O) groups excluding carboxylic acids is 2. The first-order chi connectivity index (χ1) is 13.0. The fourth-order valence-corrected chi connectivity index (χ4v) is 3.11. The van der Waals surface area contributed by atoms with Crippen LogP contribution in [0, 0.1) is 10.1 Å². The number of imide groups is 1. The maximum absolute atomic E-state index is 12.7. The van der Waals surface area contributed by atoms with Gasteiger partial charge in [0.2, 0.25) is 0 Å². The minimum absolute atomic E-state index is 0.0248. The number of carbonyl (C=O) groups is 2. The van der Waals surface area contributed by atoms with E-state index in [1.807, 2.05) is 0 Å². The number of nitro groups is 1. The van der Waals surface area contributed by atoms with Crippen molar-refractivity contribution in [2.75, 3.05) is 4.90 Å². The summed E-state index contributed by atoms with van der Waals surface area (Å²) >= 11 is 0. The van der Waals surface area contributed by atoms with E-state index < -0.39 is 16.7 Å². The van der Waals surface area contributed by atoms with Crippen molar-refractivity contribution < 1.29 is 19.6 Å². The van der Waals surface area contributed by atoms with Crippen LogP contribution in [0.4, 0.5) is 11.4 Å². The molecule has 0 aliphatic carbocycles. The highest BCUT2D eigenvalue weighted by Crippen LogP contribution is 2.34. The van der Waals surface area contributed by atoms with Crippen LogP contribution in [0.15, 0.2) is 66.7 Å². The smallest absolute Gasteiger partial charge is 0.283 e. The molecule has 0 fully saturated rings. The van der Waals surface area contributed by atoms with Crippen molar-refractivity contribution in [2.45, 2.75) is 0 Å². The van der Waals surface area contributed by atoms with E-state index in [4.69, 9.17) is 0 Å². The lowest BCUT2D eigenvalue weighted by Gasteiger charge is -2.14. The third-order valence-corrected chi connectivity index (χ3v) is 4.42. The Morgan fingerprint density at radius 1 is 0.815 bits per heavy atom. The van der Waals surface area contributed by atoms with Crippen molar-refractivity contribution in [1.82, 2.24) is 0 Å². The van der Waals surface area contributed by atoms with Crippen LogP contribution < -0.4 is 4.90 Å². The van der Waals surface area contributed by atoms with Gasteiger partial charge in [0.25, 0.3) is 17.5 Å². The normalized spacial score (nSPS) is 13.0. The number of fused-ring (bicyclic) bond motifs is 1. The molecular formula is C20H12N2O5. The van der Waals surface area contributed by atoms with Gasteiger partial charge >= 0.3 is 0 Å². The van der Waals surface area contributed by atoms with Crippen LogP contribution in [-0.2, 0) is 0 Å². The van der Waals surface area contributed by atoms with E-state index in [0.29, 0.717) is 5.69 Å². The molecule has 132 valence electrons. The molecule has 0 aromatic heterocycles. The summed E-state index contributed by atoms with van der Waals surface area (Å²) in [5, 5.41) is 20.6. The summed E-state index contributed by atoms with van der Waals surface area (Å²) in [7, 11) is 0. The number of anilines is 1. The quantitative estimate of drug-likeness (QED) is 0.435. The van der Waals surface area contributed by atoms with Crippen molar-refractivity contribution in [3.8, 4) is 16.9 Å². The highest BCUT2D eigenvalue weighted by Gasteiger charge is 2.41. The number of rotatable bonds is 3. The zero-order chi connectivity index (χ0) is 19.1. The molecule has 0 saturated heterocycles. The lowest BCUT2D eigenvalue weighted by Crippen LogP contribution is -2.29. The number of nitrogens with zero attached hydrogens (tertiary/aromatic N) is 2. The molecule has 0 radical (unpaired) electrons. The van der Waals surface area contributed by atoms with E-state index in [0.717, 1.165) is 16.0 Å². The van der Waals surface area contributed by atoms with E-state index in [1.165, 1.54) is 18.2 Å². The molecular weight excluding hydrogens is 348 g/mol. The fraction of sp³-hybridized carbons (Fsp3) is 0. The second kappa shape index (κ2) is 6.06. The minimum Gasteiger partial charge on any atom is -0.508 e. The molecule has 4 rings (SSSR count). The van der Waals surface area contributed by atoms with Crippen molar-refractivity contribution >= 4 is 23.2 Å². The predicted octanol–water partition coefficient (Wildman–Crippen LogP) is 3.77. The van der Waals surface area contributed by atoms with Gasteiger partial charge in [-0.2, -0.15) is 0 Å². The standard InChI is InChI=1S/C20H12N2O5/c23-15-10-6-13(7-11-15)12-4-8-14(9-5-12)21-19(24)16-2-1-3-17(22(26)27)18(16)20(21)25/h1-11,23H. The van der Waals surface area contributed by atoms with Gasteiger partial charge in [-0.3, -0.25) is 19.7 Å². The average Bonchev–Trinajstić information content (AvgIpc) is 2.93. The number of amides is 2. The van der Waals surface area contributed by atoms with Crippen molar-refractivity contribution in [3.63, 3.8) is 0 Å². The summed E-state index contributed by atoms with van der Waals surface area (Å²) in [4.78, 5) is 36.8. The van der Waals surface area contributed by atoms with Crippen LogP contribution in [0.1, 0.15) is 20.7 Å². The summed E-state index contributed by atoms with van der Waals surface area (Å²) in [5.74, 6) is -1.14. The van der Waals surface area contributed by atoms with Gasteiger partial charge in [0.05, 0.1) is 16.2 Å². The fourth-order valence-electron chi connectivity index (χ4n) is 3.11. The summed E-state index contributed by atoms with van der Waals surface area (Å²) in [5.41, 5.74) is 1.48. The molecule has 3 aromatic carbocycles. The predicted molar refractivity (Wildman–Crippen MR) is 97.8 cm³/mol. The average molecular weight is 360 g/mol. The molecule has 1 N–H and O–H groups in total. The molecule has 1 heterocycles. The van der Waals surface area contributed by atoms with Crippen LogP contribution >= 0.6 is 0 Å². The van der Waals surface area contributed by atoms with Gasteiger partial charge in [0.15, 0.2) is 0 Å². The third-order valence-electron chi connectivity index (χ3n) is 4.42. The minimum atomic E-state index is -0.709. The number of phenolic OH excluding ortho intramolecular Hbond substituents is 1. The van der Waals surface area contributed by atoms with Gasteiger partial charge in [-0.1, -0.05) is 30.3 Å². The molecule has 1 aliphatic rings. The largest absolute Gasteiger partial charge is 0.508 e. The topological polar surface area (TPSA) is 101 Å². The second-order valence-electron chi connectivity index (χ2n) is 6.00. The van der Waals surface area contributed by atoms with E-state index in [1.54, 1.807) is 48.5 Å². The maximum Gasteiger partial charge on any atom is 0.283 e. The number of hydrogen-bond acceptors (Lipinski definition) is 5. The number of benzene rings is 3. The number of aromatic hydroxyl groups is 1. The highest BCUT2D eigenvalue weighted by molar-refractivity contribution is 6.35. The molecule has 0 saturated carbocycles. The number of nitro benzene ring substituents is 1. The number of hydrogen-bond donors (Lipinski definition) is 1. The molecule has 0 atom stereocenters. The summed E-state index contributed by atoms with van der Waals surface area (Å²) < 4.78 is 0. The molecule has 3 aromatic rings. The molecule has 1 aliphatic heterocycles. The van der Waals surface area contributed by atoms with Gasteiger partial charge in [-0.25, -0.2) is 4.90 Å². The molecule has 7 heteroatoms. The lowest BCUT2D eigenvalue weighted by molar-refractivity contribution is -0.385. The SMILES string of the molecule is O=C1c2cccc([N+](=O)[O-])c2C(=O)N1c1ccc(-c2ccc(O)cc2)cc1. The summed E-state index contributed by atoms with van der Waals surface area (Å²) in [6.07, 6.45) is 0. The molecule has 0 unspecified atom stereocenters. The Morgan fingerprint density at radius 2 is 1.41 bits per heavy atom. The van der Waals surface area contributed by atoms with Crippen molar-refractivity contribution in [2.24, 2.45) is 0 Å². The third kappa shape index (κ3) is 2.62. The second-order valence-corrected chi connectivity index (χ2v) is 6.00. The zero-order valence-corrected chi connectivity index (χ0v) is 13.8. The Morgan fingerprint density at radius 3 is 2.00 bits per heavy atom. The molecule has 0 bridgehead atoms. The Balaban J connectivity index is 1.71. The molecule has 0 spiro atoms. The van der Waals surface area contributed by atoms with E-state index in [9.17, 15) is 24.8 Å². The monoisotopic (exact) mass is 360 g/mol. The summed E-state index contributed by atoms with van der Waals surface area (Å²) in [6.45, 7) is 0. The Hall–Kier alpha value is -4.00. The van der Waals surface area contributed by atoms with Crippen LogP contribution in [-0.4, -0.2) is 21.8 Å². The lowest BCUT2D eigenvalue weighted by atomic mass is 10.1. The van der Waals surface area contributed by atoms with Crippen LogP contribution in [0.25, 0.3) is 11.1 Å². The number of phenols is 1. The van der Waals surface area contributed by atoms with Gasteiger partial charge < -0.3 is 5.11 Å². The maximum atomic E-state index is 12.7. The molecule has 27 heavy (non-hydrogen) atoms. The van der Waals surface area contributed by atoms with Crippen LogP contribution in [0.5, 0.6) is 5.75 Å². The summed E-state index contributed by atoms with van der Waals surface area (Å²) in [6, 6.07) is 17.3. The first-order valence-corrected chi connectivity index (χ1v) is 8.03. The van der Waals surface area contributed by atoms with E-state index >= 15 is 0 Å². The van der Waals surface area contributed by atoms with Gasteiger partial charge in [-0.15, -0.1) is 0 Å². The Labute approximate surface area is 153 Å². The Bertz CT molecular complexity index is 1090. The molecule has 7 nitrogen and oxygen atoms in total. The van der Waals surface area contributed by atoms with Gasteiger partial charge in [0, 0.05) is 6.07 Å². The highest BCUT2D eigenvalue weighted by atomic mass is 16.6. The van der Waals surface area contributed by atoms with Crippen molar-refractivity contribution in [1.29, 1.82) is 0 Å². The van der Waals surface area contributed by atoms with Crippen LogP contribution in [0.3, 0.4) is 0 Å².